The molecule has 0 aromatic heterocycles. The fourth-order valence-corrected chi connectivity index (χ4v) is 1.73. The van der Waals surface area contributed by atoms with Crippen LogP contribution in [0.2, 0.25) is 0 Å². The molecule has 1 unspecified atom stereocenters. The molecule has 1 fully saturated rings. The molecule has 0 aliphatic carbocycles. The molecule has 0 bridgehead atoms. The molecule has 0 saturated carbocycles. The normalized spacial score (nSPS) is 25.5. The number of aliphatic hydroxyl groups excluding tert-OH is 1. The molecule has 15 heavy (non-hydrogen) atoms. The molecular formula is C10H20N2O3. The zero-order valence-electron chi connectivity index (χ0n) is 9.24. The third kappa shape index (κ3) is 2.90. The molecule has 88 valence electrons. The lowest BCUT2D eigenvalue weighted by molar-refractivity contribution is -0.137. The van der Waals surface area contributed by atoms with Crippen molar-refractivity contribution in [2.24, 2.45) is 5.73 Å². The van der Waals surface area contributed by atoms with Crippen molar-refractivity contribution >= 4 is 5.91 Å². The number of carbonyl (C=O) groups is 1. The first-order valence-corrected chi connectivity index (χ1v) is 5.41. The Kier molecular flexibility index (Phi) is 4.50. The molecule has 1 heterocycles. The fraction of sp³-hybridized carbons (Fsp3) is 0.900. The first-order chi connectivity index (χ1) is 7.14. The van der Waals surface area contributed by atoms with Crippen molar-refractivity contribution in [1.82, 2.24) is 4.90 Å². The van der Waals surface area contributed by atoms with E-state index in [1.54, 1.807) is 4.90 Å². The summed E-state index contributed by atoms with van der Waals surface area (Å²) in [6, 6.07) is 0. The molecule has 0 radical (unpaired) electrons. The maximum atomic E-state index is 12.0. The summed E-state index contributed by atoms with van der Waals surface area (Å²) in [5, 5.41) is 8.73. The lowest BCUT2D eigenvalue weighted by Gasteiger charge is -2.29. The van der Waals surface area contributed by atoms with Crippen LogP contribution in [0.3, 0.4) is 0 Å². The Morgan fingerprint density at radius 1 is 1.67 bits per heavy atom. The molecule has 1 aliphatic heterocycles. The highest BCUT2D eigenvalue weighted by atomic mass is 16.5. The van der Waals surface area contributed by atoms with Gasteiger partial charge < -0.3 is 20.5 Å². The number of hydrogen-bond acceptors (Lipinski definition) is 4. The summed E-state index contributed by atoms with van der Waals surface area (Å²) >= 11 is 0. The zero-order valence-corrected chi connectivity index (χ0v) is 9.24. The fourth-order valence-electron chi connectivity index (χ4n) is 1.73. The molecule has 1 amide bonds. The molecule has 5 nitrogen and oxygen atoms in total. The second-order valence-corrected chi connectivity index (χ2v) is 3.92. The van der Waals surface area contributed by atoms with Crippen molar-refractivity contribution in [3.05, 3.63) is 0 Å². The van der Waals surface area contributed by atoms with Crippen LogP contribution >= 0.6 is 0 Å². The second kappa shape index (κ2) is 5.44. The van der Waals surface area contributed by atoms with Crippen LogP contribution in [0, 0.1) is 0 Å². The smallest absolute Gasteiger partial charge is 0.245 e. The van der Waals surface area contributed by atoms with Gasteiger partial charge in [0.05, 0.1) is 6.61 Å². The zero-order chi connectivity index (χ0) is 11.3. The predicted molar refractivity (Wildman–Crippen MR) is 56.3 cm³/mol. The minimum absolute atomic E-state index is 0.0593. The lowest BCUT2D eigenvalue weighted by Crippen LogP contribution is -2.56. The molecule has 1 atom stereocenters. The summed E-state index contributed by atoms with van der Waals surface area (Å²) in [6.45, 7) is 4.05. The monoisotopic (exact) mass is 216 g/mol. The van der Waals surface area contributed by atoms with E-state index in [2.05, 4.69) is 0 Å². The van der Waals surface area contributed by atoms with Crippen LogP contribution in [0.15, 0.2) is 0 Å². The van der Waals surface area contributed by atoms with Gasteiger partial charge in [0.2, 0.25) is 5.91 Å². The van der Waals surface area contributed by atoms with Gasteiger partial charge in [-0.2, -0.15) is 0 Å². The third-order valence-corrected chi connectivity index (χ3v) is 2.73. The largest absolute Gasteiger partial charge is 0.396 e. The predicted octanol–water partition coefficient (Wildman–Crippen LogP) is -0.665. The van der Waals surface area contributed by atoms with Gasteiger partial charge in [0.25, 0.3) is 0 Å². The second-order valence-electron chi connectivity index (χ2n) is 3.92. The molecule has 1 aliphatic rings. The molecule has 0 aromatic rings. The van der Waals surface area contributed by atoms with E-state index < -0.39 is 5.54 Å². The Morgan fingerprint density at radius 3 is 2.87 bits per heavy atom. The van der Waals surface area contributed by atoms with Crippen LogP contribution in [0.1, 0.15) is 19.8 Å². The highest BCUT2D eigenvalue weighted by Crippen LogP contribution is 2.18. The van der Waals surface area contributed by atoms with E-state index in [1.165, 1.54) is 0 Å². The number of rotatable bonds is 5. The highest BCUT2D eigenvalue weighted by Gasteiger charge is 2.40. The number of aliphatic hydroxyl groups is 1. The molecule has 0 aromatic carbocycles. The van der Waals surface area contributed by atoms with Crippen LogP contribution < -0.4 is 5.73 Å². The Morgan fingerprint density at radius 2 is 2.40 bits per heavy atom. The first kappa shape index (κ1) is 12.4. The Labute approximate surface area is 90.2 Å². The average molecular weight is 216 g/mol. The third-order valence-electron chi connectivity index (χ3n) is 2.73. The van der Waals surface area contributed by atoms with E-state index in [4.69, 9.17) is 15.6 Å². The van der Waals surface area contributed by atoms with Gasteiger partial charge in [-0.25, -0.2) is 0 Å². The maximum Gasteiger partial charge on any atom is 0.245 e. The number of hydrogen-bond donors (Lipinski definition) is 2. The first-order valence-electron chi connectivity index (χ1n) is 5.41. The Bertz CT molecular complexity index is 215. The summed E-state index contributed by atoms with van der Waals surface area (Å²) < 4.78 is 5.16. The van der Waals surface area contributed by atoms with Crippen molar-refractivity contribution in [1.29, 1.82) is 0 Å². The number of likely N-dealkylation sites (N-methyl/N-ethyl adjacent to an activating group) is 1. The van der Waals surface area contributed by atoms with Gasteiger partial charge in [-0.3, -0.25) is 4.79 Å². The Hall–Kier alpha value is -0.650. The minimum Gasteiger partial charge on any atom is -0.396 e. The van der Waals surface area contributed by atoms with Gasteiger partial charge >= 0.3 is 0 Å². The standard InChI is InChI=1S/C10H20N2O3/c1-2-12(5-3-6-13)9(14)10(11)4-7-15-8-10/h13H,2-8,11H2,1H3. The Balaban J connectivity index is 2.55. The summed E-state index contributed by atoms with van der Waals surface area (Å²) in [7, 11) is 0. The van der Waals surface area contributed by atoms with Gasteiger partial charge in [0.15, 0.2) is 0 Å². The van der Waals surface area contributed by atoms with E-state index in [9.17, 15) is 4.79 Å². The molecule has 1 saturated heterocycles. The van der Waals surface area contributed by atoms with Crippen LogP contribution in [0.5, 0.6) is 0 Å². The topological polar surface area (TPSA) is 75.8 Å². The van der Waals surface area contributed by atoms with E-state index in [-0.39, 0.29) is 12.5 Å². The number of amides is 1. The van der Waals surface area contributed by atoms with Crippen molar-refractivity contribution in [2.75, 3.05) is 32.9 Å². The van der Waals surface area contributed by atoms with Gasteiger partial charge in [-0.1, -0.05) is 0 Å². The lowest BCUT2D eigenvalue weighted by atomic mass is 9.98. The molecule has 5 heteroatoms. The summed E-state index contributed by atoms with van der Waals surface area (Å²) in [5.74, 6) is -0.0593. The highest BCUT2D eigenvalue weighted by molar-refractivity contribution is 5.86. The van der Waals surface area contributed by atoms with E-state index >= 15 is 0 Å². The van der Waals surface area contributed by atoms with E-state index in [0.29, 0.717) is 39.1 Å². The molecule has 0 spiro atoms. The van der Waals surface area contributed by atoms with Crippen LogP contribution in [0.4, 0.5) is 0 Å². The number of nitrogens with two attached hydrogens (primary N) is 1. The molecule has 1 rings (SSSR count). The van der Waals surface area contributed by atoms with Gasteiger partial charge in [-0.05, 0) is 19.8 Å². The number of carbonyl (C=O) groups excluding carboxylic acids is 1. The summed E-state index contributed by atoms with van der Waals surface area (Å²) in [6.07, 6.45) is 1.18. The van der Waals surface area contributed by atoms with Crippen LogP contribution in [-0.2, 0) is 9.53 Å². The average Bonchev–Trinajstić information content (AvgIpc) is 2.67. The van der Waals surface area contributed by atoms with Crippen molar-refractivity contribution in [3.8, 4) is 0 Å². The quantitative estimate of drug-likeness (QED) is 0.639. The summed E-state index contributed by atoms with van der Waals surface area (Å²) in [4.78, 5) is 13.7. The van der Waals surface area contributed by atoms with Crippen LogP contribution in [0.25, 0.3) is 0 Å². The molecule has 3 N–H and O–H groups in total. The van der Waals surface area contributed by atoms with E-state index in [1.807, 2.05) is 6.92 Å². The SMILES string of the molecule is CCN(CCCO)C(=O)C1(N)CCOC1. The van der Waals surface area contributed by atoms with Crippen molar-refractivity contribution in [3.63, 3.8) is 0 Å². The maximum absolute atomic E-state index is 12.0. The van der Waals surface area contributed by atoms with Crippen molar-refractivity contribution < 1.29 is 14.6 Å². The van der Waals surface area contributed by atoms with Crippen molar-refractivity contribution in [2.45, 2.75) is 25.3 Å². The summed E-state index contributed by atoms with van der Waals surface area (Å²) in [5.41, 5.74) is 5.13. The minimum atomic E-state index is -0.842. The molecular weight excluding hydrogens is 196 g/mol. The van der Waals surface area contributed by atoms with E-state index in [0.717, 1.165) is 0 Å². The van der Waals surface area contributed by atoms with Crippen LogP contribution in [-0.4, -0.2) is 54.4 Å². The number of nitrogens with zero attached hydrogens (tertiary/aromatic N) is 1. The van der Waals surface area contributed by atoms with Gasteiger partial charge in [0.1, 0.15) is 5.54 Å². The van der Waals surface area contributed by atoms with Gasteiger partial charge in [-0.15, -0.1) is 0 Å². The number of ether oxygens (including phenoxy) is 1. The van der Waals surface area contributed by atoms with Gasteiger partial charge in [0, 0.05) is 26.3 Å².